The molecule has 4 N–H and O–H groups in total. The van der Waals surface area contributed by atoms with Crippen LogP contribution in [-0.2, 0) is 9.53 Å². The highest BCUT2D eigenvalue weighted by atomic mass is 32.2. The number of esters is 1. The summed E-state index contributed by atoms with van der Waals surface area (Å²) in [5.74, 6) is 0.254. The second-order valence-corrected chi connectivity index (χ2v) is 8.65. The van der Waals surface area contributed by atoms with Crippen molar-refractivity contribution in [2.45, 2.75) is 30.8 Å². The molecule has 0 bridgehead atoms. The Bertz CT molecular complexity index is 1030. The standard InChI is InChI=1S/C22H24N4O5S/c1-22(2)19(28)26(21(29)31-22)12-3-13-32-17-10-8-16(9-11-17)30-18(27)14-4-6-15(7-5-14)25-20(23)24/h4-11H,3,12-13H2,1-2H3,(H4,23,24,25). The predicted octanol–water partition coefficient (Wildman–Crippen LogP) is 3.05. The monoisotopic (exact) mass is 456 g/mol. The van der Waals surface area contributed by atoms with Crippen molar-refractivity contribution in [2.24, 2.45) is 16.5 Å². The number of hydrogen-bond donors (Lipinski definition) is 2. The van der Waals surface area contributed by atoms with Gasteiger partial charge in [-0.25, -0.2) is 19.5 Å². The minimum atomic E-state index is -1.09. The van der Waals surface area contributed by atoms with Crippen LogP contribution in [0.1, 0.15) is 30.6 Å². The maximum Gasteiger partial charge on any atom is 0.417 e. The lowest BCUT2D eigenvalue weighted by molar-refractivity contribution is -0.134. The number of carbonyl (C=O) groups is 3. The molecule has 10 heteroatoms. The Morgan fingerprint density at radius 3 is 2.31 bits per heavy atom. The predicted molar refractivity (Wildman–Crippen MR) is 121 cm³/mol. The number of amides is 2. The molecule has 2 aromatic rings. The summed E-state index contributed by atoms with van der Waals surface area (Å²) in [5, 5.41) is 0. The molecule has 0 aliphatic carbocycles. The summed E-state index contributed by atoms with van der Waals surface area (Å²) in [6.07, 6.45) is 0.0378. The molecule has 1 aliphatic heterocycles. The zero-order valence-electron chi connectivity index (χ0n) is 17.7. The van der Waals surface area contributed by atoms with E-state index in [1.165, 1.54) is 0 Å². The number of hydrogen-bond acceptors (Lipinski definition) is 7. The smallest absolute Gasteiger partial charge is 0.417 e. The quantitative estimate of drug-likeness (QED) is 0.154. The Hall–Kier alpha value is -3.53. The van der Waals surface area contributed by atoms with E-state index in [4.69, 9.17) is 20.9 Å². The van der Waals surface area contributed by atoms with Crippen LogP contribution in [-0.4, -0.2) is 46.7 Å². The number of cyclic esters (lactones) is 1. The first-order valence-electron chi connectivity index (χ1n) is 9.85. The van der Waals surface area contributed by atoms with Crippen molar-refractivity contribution < 1.29 is 23.9 Å². The van der Waals surface area contributed by atoms with Gasteiger partial charge in [0, 0.05) is 11.4 Å². The van der Waals surface area contributed by atoms with E-state index in [1.54, 1.807) is 62.0 Å². The minimum absolute atomic E-state index is 0.0609. The molecule has 3 rings (SSSR count). The van der Waals surface area contributed by atoms with Crippen molar-refractivity contribution in [3.05, 3.63) is 54.1 Å². The fraction of sp³-hybridized carbons (Fsp3) is 0.273. The SMILES string of the molecule is CC1(C)OC(=O)N(CCCSc2ccc(OC(=O)c3ccc(N=C(N)N)cc3)cc2)C1=O. The van der Waals surface area contributed by atoms with Gasteiger partial charge in [0.15, 0.2) is 11.6 Å². The normalized spacial score (nSPS) is 14.8. The molecule has 0 saturated carbocycles. The van der Waals surface area contributed by atoms with E-state index in [0.29, 0.717) is 35.7 Å². The minimum Gasteiger partial charge on any atom is -0.433 e. The summed E-state index contributed by atoms with van der Waals surface area (Å²) >= 11 is 1.57. The van der Waals surface area contributed by atoms with Crippen LogP contribution in [0.4, 0.5) is 10.5 Å². The summed E-state index contributed by atoms with van der Waals surface area (Å²) in [6, 6.07) is 13.5. The Balaban J connectivity index is 1.46. The van der Waals surface area contributed by atoms with Crippen LogP contribution >= 0.6 is 11.8 Å². The van der Waals surface area contributed by atoms with Gasteiger partial charge in [0.1, 0.15) is 5.75 Å². The third kappa shape index (κ3) is 5.79. The number of imide groups is 1. The first kappa shape index (κ1) is 23.1. The third-order valence-electron chi connectivity index (χ3n) is 4.51. The topological polar surface area (TPSA) is 137 Å². The molecular weight excluding hydrogens is 432 g/mol. The second-order valence-electron chi connectivity index (χ2n) is 7.48. The van der Waals surface area contributed by atoms with E-state index >= 15 is 0 Å². The van der Waals surface area contributed by atoms with Gasteiger partial charge in [0.05, 0.1) is 11.3 Å². The molecule has 1 saturated heterocycles. The molecule has 2 aromatic carbocycles. The van der Waals surface area contributed by atoms with Crippen LogP contribution in [0.25, 0.3) is 0 Å². The van der Waals surface area contributed by atoms with Crippen molar-refractivity contribution in [1.29, 1.82) is 0 Å². The first-order valence-corrected chi connectivity index (χ1v) is 10.8. The second kappa shape index (κ2) is 9.73. The summed E-state index contributed by atoms with van der Waals surface area (Å²) in [6.45, 7) is 3.47. The zero-order valence-corrected chi connectivity index (χ0v) is 18.6. The fourth-order valence-corrected chi connectivity index (χ4v) is 3.76. The molecule has 168 valence electrons. The molecule has 0 atom stereocenters. The molecule has 2 amide bonds. The third-order valence-corrected chi connectivity index (χ3v) is 5.61. The Morgan fingerprint density at radius 2 is 1.75 bits per heavy atom. The number of aliphatic imine (C=N–C) groups is 1. The van der Waals surface area contributed by atoms with Crippen molar-refractivity contribution >= 4 is 41.4 Å². The summed E-state index contributed by atoms with van der Waals surface area (Å²) < 4.78 is 10.4. The van der Waals surface area contributed by atoms with Gasteiger partial charge in [-0.1, -0.05) is 0 Å². The van der Waals surface area contributed by atoms with E-state index in [-0.39, 0.29) is 11.9 Å². The Morgan fingerprint density at radius 1 is 1.09 bits per heavy atom. The summed E-state index contributed by atoms with van der Waals surface area (Å²) in [7, 11) is 0. The molecule has 1 heterocycles. The van der Waals surface area contributed by atoms with Crippen LogP contribution in [0.2, 0.25) is 0 Å². The number of carbonyl (C=O) groups excluding carboxylic acids is 3. The molecule has 9 nitrogen and oxygen atoms in total. The number of ether oxygens (including phenoxy) is 2. The van der Waals surface area contributed by atoms with Crippen molar-refractivity contribution in [2.75, 3.05) is 12.3 Å². The van der Waals surface area contributed by atoms with Crippen molar-refractivity contribution in [3.63, 3.8) is 0 Å². The van der Waals surface area contributed by atoms with E-state index in [2.05, 4.69) is 4.99 Å². The van der Waals surface area contributed by atoms with E-state index in [9.17, 15) is 14.4 Å². The molecule has 0 aromatic heterocycles. The van der Waals surface area contributed by atoms with E-state index in [1.807, 2.05) is 12.1 Å². The van der Waals surface area contributed by atoms with Gasteiger partial charge < -0.3 is 20.9 Å². The highest BCUT2D eigenvalue weighted by Gasteiger charge is 2.46. The molecular formula is C22H24N4O5S. The number of benzene rings is 2. The molecule has 1 fully saturated rings. The van der Waals surface area contributed by atoms with Gasteiger partial charge in [-0.15, -0.1) is 11.8 Å². The molecule has 1 aliphatic rings. The zero-order chi connectivity index (χ0) is 23.3. The van der Waals surface area contributed by atoms with Gasteiger partial charge in [0.25, 0.3) is 5.91 Å². The molecule has 32 heavy (non-hydrogen) atoms. The summed E-state index contributed by atoms with van der Waals surface area (Å²) in [5.41, 5.74) is 10.5. The number of rotatable bonds is 8. The number of guanidine groups is 1. The Kier molecular flexibility index (Phi) is 7.04. The number of thioether (sulfide) groups is 1. The van der Waals surface area contributed by atoms with Crippen LogP contribution in [0, 0.1) is 0 Å². The maximum atomic E-state index is 12.3. The first-order chi connectivity index (χ1) is 15.2. The lowest BCUT2D eigenvalue weighted by Gasteiger charge is -2.13. The van der Waals surface area contributed by atoms with Gasteiger partial charge in [-0.3, -0.25) is 4.79 Å². The van der Waals surface area contributed by atoms with E-state index < -0.39 is 17.7 Å². The maximum absolute atomic E-state index is 12.3. The van der Waals surface area contributed by atoms with E-state index in [0.717, 1.165) is 9.80 Å². The average molecular weight is 457 g/mol. The lowest BCUT2D eigenvalue weighted by atomic mass is 10.1. The molecule has 0 spiro atoms. The number of nitrogens with zero attached hydrogens (tertiary/aromatic N) is 2. The largest absolute Gasteiger partial charge is 0.433 e. The van der Waals surface area contributed by atoms with Crippen LogP contribution in [0.3, 0.4) is 0 Å². The van der Waals surface area contributed by atoms with Crippen molar-refractivity contribution in [3.8, 4) is 5.75 Å². The lowest BCUT2D eigenvalue weighted by Crippen LogP contribution is -2.36. The van der Waals surface area contributed by atoms with Crippen LogP contribution in [0.5, 0.6) is 5.75 Å². The van der Waals surface area contributed by atoms with Gasteiger partial charge >= 0.3 is 12.1 Å². The van der Waals surface area contributed by atoms with Gasteiger partial charge in [-0.2, -0.15) is 0 Å². The van der Waals surface area contributed by atoms with Crippen molar-refractivity contribution in [1.82, 2.24) is 4.90 Å². The van der Waals surface area contributed by atoms with Crippen LogP contribution < -0.4 is 16.2 Å². The molecule has 0 radical (unpaired) electrons. The highest BCUT2D eigenvalue weighted by molar-refractivity contribution is 7.99. The number of nitrogens with two attached hydrogens (primary N) is 2. The molecule has 0 unspecified atom stereocenters. The Labute approximate surface area is 189 Å². The van der Waals surface area contributed by atoms with Gasteiger partial charge in [-0.05, 0) is 74.6 Å². The van der Waals surface area contributed by atoms with Gasteiger partial charge in [0.2, 0.25) is 0 Å². The van der Waals surface area contributed by atoms with Crippen LogP contribution in [0.15, 0.2) is 58.4 Å². The fourth-order valence-electron chi connectivity index (χ4n) is 2.92. The highest BCUT2D eigenvalue weighted by Crippen LogP contribution is 2.26. The summed E-state index contributed by atoms with van der Waals surface area (Å²) in [4.78, 5) is 42.2. The average Bonchev–Trinajstić information content (AvgIpc) is 2.93.